The average molecular weight is 390 g/mol. The molecule has 0 bridgehead atoms. The van der Waals surface area contributed by atoms with Gasteiger partial charge in [0.1, 0.15) is 0 Å². The van der Waals surface area contributed by atoms with Gasteiger partial charge in [0.2, 0.25) is 5.91 Å². The van der Waals surface area contributed by atoms with E-state index in [0.717, 1.165) is 16.5 Å². The molecule has 1 N–H and O–H groups in total. The van der Waals surface area contributed by atoms with Crippen LogP contribution in [-0.2, 0) is 11.2 Å². The molecule has 1 atom stereocenters. The zero-order chi connectivity index (χ0) is 18.4. The van der Waals surface area contributed by atoms with Crippen LogP contribution >= 0.6 is 23.2 Å². The van der Waals surface area contributed by atoms with Crippen LogP contribution in [0.15, 0.2) is 48.5 Å². The van der Waals surface area contributed by atoms with Gasteiger partial charge in [-0.25, -0.2) is 0 Å². The van der Waals surface area contributed by atoms with Gasteiger partial charge in [-0.2, -0.15) is 0 Å². The van der Waals surface area contributed by atoms with Crippen LogP contribution in [0, 0.1) is 5.92 Å². The first kappa shape index (κ1) is 19.3. The van der Waals surface area contributed by atoms with Gasteiger partial charge < -0.3 is 5.32 Å². The van der Waals surface area contributed by atoms with Crippen LogP contribution in [0.1, 0.15) is 49.1 Å². The second kappa shape index (κ2) is 9.43. The predicted molar refractivity (Wildman–Crippen MR) is 109 cm³/mol. The molecule has 2 nitrogen and oxygen atoms in total. The number of hydrogen-bond acceptors (Lipinski definition) is 1. The number of hydrogen-bond donors (Lipinski definition) is 1. The summed E-state index contributed by atoms with van der Waals surface area (Å²) in [5.74, 6) is 0.952. The van der Waals surface area contributed by atoms with Crippen molar-refractivity contribution in [2.24, 2.45) is 5.92 Å². The van der Waals surface area contributed by atoms with Crippen LogP contribution in [0.2, 0.25) is 10.0 Å². The molecule has 1 aliphatic rings. The molecule has 0 unspecified atom stereocenters. The van der Waals surface area contributed by atoms with Crippen LogP contribution in [0.3, 0.4) is 0 Å². The van der Waals surface area contributed by atoms with Crippen LogP contribution in [-0.4, -0.2) is 12.5 Å². The van der Waals surface area contributed by atoms with Crippen LogP contribution < -0.4 is 5.32 Å². The van der Waals surface area contributed by atoms with Gasteiger partial charge in [0.25, 0.3) is 0 Å². The summed E-state index contributed by atoms with van der Waals surface area (Å²) in [6, 6.07) is 15.8. The van der Waals surface area contributed by atoms with Crippen LogP contribution in [0.5, 0.6) is 0 Å². The van der Waals surface area contributed by atoms with E-state index in [9.17, 15) is 4.79 Å². The number of nitrogens with one attached hydrogen (secondary N) is 1. The first-order chi connectivity index (χ1) is 12.6. The van der Waals surface area contributed by atoms with Crippen LogP contribution in [0.25, 0.3) is 0 Å². The van der Waals surface area contributed by atoms with Crippen molar-refractivity contribution < 1.29 is 4.79 Å². The normalized spacial score (nSPS) is 15.8. The molecule has 138 valence electrons. The third kappa shape index (κ3) is 5.75. The first-order valence-electron chi connectivity index (χ1n) is 9.37. The Balaban J connectivity index is 1.64. The Morgan fingerprint density at radius 1 is 0.962 bits per heavy atom. The van der Waals surface area contributed by atoms with E-state index >= 15 is 0 Å². The smallest absolute Gasteiger partial charge is 0.220 e. The fourth-order valence-corrected chi connectivity index (χ4v) is 3.99. The highest BCUT2D eigenvalue weighted by Crippen LogP contribution is 2.28. The molecule has 2 aromatic carbocycles. The summed E-state index contributed by atoms with van der Waals surface area (Å²) < 4.78 is 0. The Morgan fingerprint density at radius 2 is 1.54 bits per heavy atom. The molecule has 0 saturated heterocycles. The lowest BCUT2D eigenvalue weighted by Gasteiger charge is -2.19. The molecule has 0 spiro atoms. The van der Waals surface area contributed by atoms with E-state index in [2.05, 4.69) is 5.32 Å². The first-order valence-corrected chi connectivity index (χ1v) is 10.1. The second-order valence-corrected chi connectivity index (χ2v) is 8.11. The minimum Gasteiger partial charge on any atom is -0.355 e. The molecule has 26 heavy (non-hydrogen) atoms. The number of amides is 1. The number of carbonyl (C=O) groups excluding carboxylic acids is 1. The Hall–Kier alpha value is -1.51. The Labute approximate surface area is 165 Å². The lowest BCUT2D eigenvalue weighted by Crippen LogP contribution is -2.30. The lowest BCUT2D eigenvalue weighted by atomic mass is 9.91. The summed E-state index contributed by atoms with van der Waals surface area (Å²) in [6.07, 6.45) is 6.43. The molecule has 0 aliphatic heterocycles. The number of carbonyl (C=O) groups is 1. The standard InChI is InChI=1S/C22H25Cl2NO/c23-20-9-5-17(6-10-20)13-19(18-7-11-21(24)12-8-18)15-25-22(26)14-16-3-1-2-4-16/h5-12,16,19H,1-4,13-15H2,(H,25,26)/t19-/m0/s1. The fourth-order valence-electron chi connectivity index (χ4n) is 3.73. The quantitative estimate of drug-likeness (QED) is 0.616. The van der Waals surface area contributed by atoms with E-state index in [1.54, 1.807) is 0 Å². The maximum atomic E-state index is 12.3. The van der Waals surface area contributed by atoms with E-state index in [0.29, 0.717) is 18.9 Å². The highest BCUT2D eigenvalue weighted by molar-refractivity contribution is 6.30. The predicted octanol–water partition coefficient (Wildman–Crippen LogP) is 6.02. The van der Waals surface area contributed by atoms with E-state index in [-0.39, 0.29) is 11.8 Å². The molecule has 2 aromatic rings. The largest absolute Gasteiger partial charge is 0.355 e. The zero-order valence-electron chi connectivity index (χ0n) is 14.9. The highest BCUT2D eigenvalue weighted by atomic mass is 35.5. The molecule has 1 saturated carbocycles. The highest BCUT2D eigenvalue weighted by Gasteiger charge is 2.20. The third-order valence-corrected chi connectivity index (χ3v) is 5.74. The molecule has 0 heterocycles. The van der Waals surface area contributed by atoms with Crippen molar-refractivity contribution in [3.05, 3.63) is 69.7 Å². The summed E-state index contributed by atoms with van der Waals surface area (Å²) >= 11 is 12.0. The van der Waals surface area contributed by atoms with Gasteiger partial charge in [0, 0.05) is 28.9 Å². The third-order valence-electron chi connectivity index (χ3n) is 5.23. The van der Waals surface area contributed by atoms with Crippen molar-refractivity contribution in [2.45, 2.75) is 44.4 Å². The Kier molecular flexibility index (Phi) is 6.99. The molecule has 3 rings (SSSR count). The Morgan fingerprint density at radius 3 is 2.15 bits per heavy atom. The average Bonchev–Trinajstić information content (AvgIpc) is 3.14. The maximum Gasteiger partial charge on any atom is 0.220 e. The van der Waals surface area contributed by atoms with E-state index in [1.165, 1.54) is 36.8 Å². The van der Waals surface area contributed by atoms with Crippen molar-refractivity contribution >= 4 is 29.1 Å². The van der Waals surface area contributed by atoms with Crippen LogP contribution in [0.4, 0.5) is 0 Å². The summed E-state index contributed by atoms with van der Waals surface area (Å²) in [7, 11) is 0. The number of benzene rings is 2. The van der Waals surface area contributed by atoms with Crippen molar-refractivity contribution in [3.8, 4) is 0 Å². The molecular formula is C22H25Cl2NO. The summed E-state index contributed by atoms with van der Waals surface area (Å²) in [4.78, 5) is 12.3. The minimum absolute atomic E-state index is 0.173. The lowest BCUT2D eigenvalue weighted by molar-refractivity contribution is -0.122. The number of rotatable bonds is 7. The molecule has 0 radical (unpaired) electrons. The fraction of sp³-hybridized carbons (Fsp3) is 0.409. The number of halogens is 2. The molecule has 0 aromatic heterocycles. The van der Waals surface area contributed by atoms with Crippen molar-refractivity contribution in [3.63, 3.8) is 0 Å². The summed E-state index contributed by atoms with van der Waals surface area (Å²) in [5.41, 5.74) is 2.39. The van der Waals surface area contributed by atoms with E-state index in [4.69, 9.17) is 23.2 Å². The molecule has 1 fully saturated rings. The SMILES string of the molecule is O=C(CC1CCCC1)NC[C@H](Cc1ccc(Cl)cc1)c1ccc(Cl)cc1. The molecule has 4 heteroatoms. The monoisotopic (exact) mass is 389 g/mol. The van der Waals surface area contributed by atoms with Gasteiger partial charge in [-0.1, -0.05) is 60.3 Å². The summed E-state index contributed by atoms with van der Waals surface area (Å²) in [5, 5.41) is 4.62. The van der Waals surface area contributed by atoms with Gasteiger partial charge in [0.05, 0.1) is 0 Å². The van der Waals surface area contributed by atoms with Gasteiger partial charge >= 0.3 is 0 Å². The second-order valence-electron chi connectivity index (χ2n) is 7.24. The van der Waals surface area contributed by atoms with Gasteiger partial charge in [-0.05, 0) is 60.6 Å². The van der Waals surface area contributed by atoms with Gasteiger partial charge in [-0.3, -0.25) is 4.79 Å². The van der Waals surface area contributed by atoms with Crippen molar-refractivity contribution in [2.75, 3.05) is 6.54 Å². The molecule has 1 amide bonds. The topological polar surface area (TPSA) is 29.1 Å². The van der Waals surface area contributed by atoms with Gasteiger partial charge in [-0.15, -0.1) is 0 Å². The maximum absolute atomic E-state index is 12.3. The summed E-state index contributed by atoms with van der Waals surface area (Å²) in [6.45, 7) is 0.635. The zero-order valence-corrected chi connectivity index (χ0v) is 16.4. The van der Waals surface area contributed by atoms with Gasteiger partial charge in [0.15, 0.2) is 0 Å². The van der Waals surface area contributed by atoms with Crippen molar-refractivity contribution in [1.29, 1.82) is 0 Å². The molecule has 1 aliphatic carbocycles. The van der Waals surface area contributed by atoms with E-state index < -0.39 is 0 Å². The van der Waals surface area contributed by atoms with E-state index in [1.807, 2.05) is 48.5 Å². The Bertz CT molecular complexity index is 706. The molecular weight excluding hydrogens is 365 g/mol. The van der Waals surface area contributed by atoms with Crippen molar-refractivity contribution in [1.82, 2.24) is 5.32 Å². The minimum atomic E-state index is 0.173.